The molecule has 2 N–H and O–H groups in total. The molecule has 1 amide bonds. The fourth-order valence-corrected chi connectivity index (χ4v) is 1.81. The number of benzene rings is 1. The molecule has 0 bridgehead atoms. The standard InChI is InChI=1S/C14H22N2O/c1-10(8-15)9-16(4)14(17)13-7-5-6-11(2)12(13)3/h5-7,10H,8-9,15H2,1-4H3. The summed E-state index contributed by atoms with van der Waals surface area (Å²) >= 11 is 0. The van der Waals surface area contributed by atoms with Crippen molar-refractivity contribution in [2.24, 2.45) is 11.7 Å². The maximum atomic E-state index is 12.3. The van der Waals surface area contributed by atoms with Crippen LogP contribution in [0.3, 0.4) is 0 Å². The van der Waals surface area contributed by atoms with E-state index < -0.39 is 0 Å². The Hall–Kier alpha value is -1.35. The second-order valence-corrected chi connectivity index (χ2v) is 4.77. The van der Waals surface area contributed by atoms with Crippen molar-refractivity contribution in [2.45, 2.75) is 20.8 Å². The zero-order valence-electron chi connectivity index (χ0n) is 11.2. The van der Waals surface area contributed by atoms with E-state index >= 15 is 0 Å². The van der Waals surface area contributed by atoms with Gasteiger partial charge in [0.1, 0.15) is 0 Å². The van der Waals surface area contributed by atoms with Crippen molar-refractivity contribution in [2.75, 3.05) is 20.1 Å². The Morgan fingerprint density at radius 1 is 1.41 bits per heavy atom. The van der Waals surface area contributed by atoms with E-state index in [-0.39, 0.29) is 5.91 Å². The highest BCUT2D eigenvalue weighted by atomic mass is 16.2. The molecule has 0 aliphatic carbocycles. The van der Waals surface area contributed by atoms with Gasteiger partial charge in [0.05, 0.1) is 0 Å². The summed E-state index contributed by atoms with van der Waals surface area (Å²) in [6, 6.07) is 5.83. The van der Waals surface area contributed by atoms with Gasteiger partial charge >= 0.3 is 0 Å². The van der Waals surface area contributed by atoms with E-state index in [1.54, 1.807) is 4.90 Å². The van der Waals surface area contributed by atoms with Gasteiger partial charge in [-0.05, 0) is 43.5 Å². The second kappa shape index (κ2) is 5.82. The van der Waals surface area contributed by atoms with E-state index in [4.69, 9.17) is 5.73 Å². The molecule has 0 heterocycles. The third kappa shape index (κ3) is 3.30. The van der Waals surface area contributed by atoms with Crippen LogP contribution in [-0.2, 0) is 0 Å². The van der Waals surface area contributed by atoms with Crippen LogP contribution in [0, 0.1) is 19.8 Å². The first-order valence-electron chi connectivity index (χ1n) is 5.99. The Morgan fingerprint density at radius 3 is 2.65 bits per heavy atom. The van der Waals surface area contributed by atoms with E-state index in [0.717, 1.165) is 16.7 Å². The number of amides is 1. The minimum absolute atomic E-state index is 0.0755. The molecular formula is C14H22N2O. The van der Waals surface area contributed by atoms with Crippen molar-refractivity contribution in [3.8, 4) is 0 Å². The summed E-state index contributed by atoms with van der Waals surface area (Å²) in [5, 5.41) is 0. The number of rotatable bonds is 4. The van der Waals surface area contributed by atoms with Crippen LogP contribution in [0.15, 0.2) is 18.2 Å². The van der Waals surface area contributed by atoms with Crippen molar-refractivity contribution in [1.82, 2.24) is 4.90 Å². The third-order valence-corrected chi connectivity index (χ3v) is 3.17. The Morgan fingerprint density at radius 2 is 2.06 bits per heavy atom. The lowest BCUT2D eigenvalue weighted by molar-refractivity contribution is 0.0776. The molecule has 1 unspecified atom stereocenters. The molecule has 1 aromatic rings. The van der Waals surface area contributed by atoms with Gasteiger partial charge in [0, 0.05) is 19.2 Å². The van der Waals surface area contributed by atoms with Gasteiger partial charge in [0.2, 0.25) is 0 Å². The highest BCUT2D eigenvalue weighted by molar-refractivity contribution is 5.95. The number of nitrogens with zero attached hydrogens (tertiary/aromatic N) is 1. The predicted octanol–water partition coefficient (Wildman–Crippen LogP) is 1.97. The molecule has 0 spiro atoms. The molecule has 1 atom stereocenters. The predicted molar refractivity (Wildman–Crippen MR) is 71.1 cm³/mol. The molecule has 0 fully saturated rings. The number of aryl methyl sites for hydroxylation is 1. The van der Waals surface area contributed by atoms with Crippen molar-refractivity contribution >= 4 is 5.91 Å². The average molecular weight is 234 g/mol. The molecule has 0 saturated heterocycles. The molecule has 3 heteroatoms. The first-order valence-corrected chi connectivity index (χ1v) is 5.99. The Labute approximate surface area is 104 Å². The molecule has 1 aromatic carbocycles. The number of carbonyl (C=O) groups excluding carboxylic acids is 1. The number of carbonyl (C=O) groups is 1. The highest BCUT2D eigenvalue weighted by Crippen LogP contribution is 2.15. The molecule has 3 nitrogen and oxygen atoms in total. The van der Waals surface area contributed by atoms with Crippen molar-refractivity contribution in [1.29, 1.82) is 0 Å². The molecule has 0 saturated carbocycles. The summed E-state index contributed by atoms with van der Waals surface area (Å²) < 4.78 is 0. The zero-order chi connectivity index (χ0) is 13.0. The first kappa shape index (κ1) is 13.7. The lowest BCUT2D eigenvalue weighted by Gasteiger charge is -2.22. The van der Waals surface area contributed by atoms with Gasteiger partial charge in [-0.2, -0.15) is 0 Å². The van der Waals surface area contributed by atoms with Crippen LogP contribution in [0.5, 0.6) is 0 Å². The normalized spacial score (nSPS) is 12.3. The van der Waals surface area contributed by atoms with E-state index in [1.165, 1.54) is 0 Å². The maximum Gasteiger partial charge on any atom is 0.253 e. The van der Waals surface area contributed by atoms with Crippen LogP contribution in [0.2, 0.25) is 0 Å². The van der Waals surface area contributed by atoms with Crippen LogP contribution in [0.25, 0.3) is 0 Å². The van der Waals surface area contributed by atoms with E-state index in [2.05, 4.69) is 0 Å². The smallest absolute Gasteiger partial charge is 0.253 e. The van der Waals surface area contributed by atoms with Crippen molar-refractivity contribution in [3.05, 3.63) is 34.9 Å². The van der Waals surface area contributed by atoms with Crippen molar-refractivity contribution in [3.63, 3.8) is 0 Å². The van der Waals surface area contributed by atoms with E-state index in [1.807, 2.05) is 46.0 Å². The van der Waals surface area contributed by atoms with Gasteiger partial charge in [-0.1, -0.05) is 19.1 Å². The molecule has 0 aliphatic heterocycles. The van der Waals surface area contributed by atoms with E-state index in [0.29, 0.717) is 19.0 Å². The zero-order valence-corrected chi connectivity index (χ0v) is 11.2. The highest BCUT2D eigenvalue weighted by Gasteiger charge is 2.16. The molecule has 1 rings (SSSR count). The Balaban J connectivity index is 2.85. The monoisotopic (exact) mass is 234 g/mol. The Kier molecular flexibility index (Phi) is 4.70. The number of hydrogen-bond donors (Lipinski definition) is 1. The fourth-order valence-electron chi connectivity index (χ4n) is 1.81. The quantitative estimate of drug-likeness (QED) is 0.865. The molecule has 0 aliphatic rings. The van der Waals surface area contributed by atoms with Crippen LogP contribution >= 0.6 is 0 Å². The first-order chi connectivity index (χ1) is 7.97. The number of nitrogens with two attached hydrogens (primary N) is 1. The summed E-state index contributed by atoms with van der Waals surface area (Å²) in [6.07, 6.45) is 0. The summed E-state index contributed by atoms with van der Waals surface area (Å²) in [5.74, 6) is 0.403. The lowest BCUT2D eigenvalue weighted by atomic mass is 10.0. The largest absolute Gasteiger partial charge is 0.341 e. The number of hydrogen-bond acceptors (Lipinski definition) is 2. The second-order valence-electron chi connectivity index (χ2n) is 4.77. The minimum Gasteiger partial charge on any atom is -0.341 e. The molecule has 0 aromatic heterocycles. The minimum atomic E-state index is 0.0755. The Bertz CT molecular complexity index is 401. The molecule has 0 radical (unpaired) electrons. The van der Waals surface area contributed by atoms with Crippen LogP contribution in [0.1, 0.15) is 28.4 Å². The maximum absolute atomic E-state index is 12.3. The molecule has 17 heavy (non-hydrogen) atoms. The summed E-state index contributed by atoms with van der Waals surface area (Å²) in [4.78, 5) is 14.0. The topological polar surface area (TPSA) is 46.3 Å². The van der Waals surface area contributed by atoms with Crippen LogP contribution in [0.4, 0.5) is 0 Å². The molecular weight excluding hydrogens is 212 g/mol. The van der Waals surface area contributed by atoms with Gasteiger partial charge in [-0.15, -0.1) is 0 Å². The lowest BCUT2D eigenvalue weighted by Crippen LogP contribution is -2.33. The fraction of sp³-hybridized carbons (Fsp3) is 0.500. The van der Waals surface area contributed by atoms with E-state index in [9.17, 15) is 4.79 Å². The van der Waals surface area contributed by atoms with Crippen LogP contribution < -0.4 is 5.73 Å². The van der Waals surface area contributed by atoms with Gasteiger partial charge in [0.15, 0.2) is 0 Å². The average Bonchev–Trinajstić information content (AvgIpc) is 2.31. The third-order valence-electron chi connectivity index (χ3n) is 3.17. The summed E-state index contributed by atoms with van der Waals surface area (Å²) in [5.41, 5.74) is 8.57. The van der Waals surface area contributed by atoms with Gasteiger partial charge < -0.3 is 10.6 Å². The van der Waals surface area contributed by atoms with Gasteiger partial charge in [-0.25, -0.2) is 0 Å². The van der Waals surface area contributed by atoms with Gasteiger partial charge in [0.25, 0.3) is 5.91 Å². The van der Waals surface area contributed by atoms with Gasteiger partial charge in [-0.3, -0.25) is 4.79 Å². The van der Waals surface area contributed by atoms with Crippen LogP contribution in [-0.4, -0.2) is 30.9 Å². The summed E-state index contributed by atoms with van der Waals surface area (Å²) in [6.45, 7) is 7.36. The SMILES string of the molecule is Cc1cccc(C(=O)N(C)CC(C)CN)c1C. The van der Waals surface area contributed by atoms with Crippen molar-refractivity contribution < 1.29 is 4.79 Å². The summed E-state index contributed by atoms with van der Waals surface area (Å²) in [7, 11) is 1.83. The molecule has 94 valence electrons.